The number of carboxylic acid groups (broad SMARTS) is 2. The van der Waals surface area contributed by atoms with E-state index < -0.39 is 17.9 Å². The molecule has 0 rings (SSSR count). The number of carboxylic acids is 2. The summed E-state index contributed by atoms with van der Waals surface area (Å²) in [6.07, 6.45) is 8.46. The number of unbranched alkanes of at least 4 members (excludes halogenated alkanes) is 5. The first-order chi connectivity index (χ1) is 9.40. The highest BCUT2D eigenvalue weighted by molar-refractivity contribution is 5.90. The molecule has 0 aromatic rings. The van der Waals surface area contributed by atoms with Gasteiger partial charge in [-0.2, -0.15) is 0 Å². The van der Waals surface area contributed by atoms with Crippen molar-refractivity contribution in [2.75, 3.05) is 6.61 Å². The van der Waals surface area contributed by atoms with Crippen LogP contribution in [0.2, 0.25) is 0 Å². The van der Waals surface area contributed by atoms with Crippen LogP contribution in [0.25, 0.3) is 0 Å². The molecular weight excluding hydrogens is 264 g/mol. The Bertz CT molecular complexity index is 305. The minimum atomic E-state index is -1.14. The maximum atomic E-state index is 10.9. The minimum absolute atomic E-state index is 0.370. The number of esters is 1. The van der Waals surface area contributed by atoms with Crippen molar-refractivity contribution in [3.05, 3.63) is 12.2 Å². The second-order valence-corrected chi connectivity index (χ2v) is 4.13. The van der Waals surface area contributed by atoms with E-state index in [1.165, 1.54) is 19.3 Å². The normalized spacial score (nSPS) is 9.70. The van der Waals surface area contributed by atoms with Gasteiger partial charge in [0.15, 0.2) is 0 Å². The van der Waals surface area contributed by atoms with E-state index in [1.807, 2.05) is 0 Å². The summed E-state index contributed by atoms with van der Waals surface area (Å²) in [5, 5.41) is 15.7. The summed E-state index contributed by atoms with van der Waals surface area (Å²) in [4.78, 5) is 30.0. The minimum Gasteiger partial charge on any atom is -0.481 e. The molecule has 0 aromatic carbocycles. The molecule has 0 spiro atoms. The smallest absolute Gasteiger partial charge is 0.331 e. The number of carbonyl (C=O) groups excluding carboxylic acids is 1. The maximum Gasteiger partial charge on any atom is 0.331 e. The summed E-state index contributed by atoms with van der Waals surface area (Å²) < 4.78 is 4.81. The molecule has 6 heteroatoms. The van der Waals surface area contributed by atoms with E-state index >= 15 is 0 Å². The second kappa shape index (κ2) is 15.2. The molecule has 116 valence electrons. The molecule has 0 aliphatic rings. The first kappa shape index (κ1) is 20.5. The first-order valence-corrected chi connectivity index (χ1v) is 6.67. The van der Waals surface area contributed by atoms with E-state index in [-0.39, 0.29) is 0 Å². The summed E-state index contributed by atoms with van der Waals surface area (Å²) >= 11 is 0. The highest BCUT2D eigenvalue weighted by Gasteiger charge is 1.97. The summed E-state index contributed by atoms with van der Waals surface area (Å²) in [5.41, 5.74) is 0. The Morgan fingerprint density at radius 2 is 1.45 bits per heavy atom. The topological polar surface area (TPSA) is 101 Å². The number of aliphatic carboxylic acids is 2. The Balaban J connectivity index is 0. The van der Waals surface area contributed by atoms with E-state index in [0.29, 0.717) is 6.61 Å². The van der Waals surface area contributed by atoms with Gasteiger partial charge in [-0.05, 0) is 6.42 Å². The summed E-state index contributed by atoms with van der Waals surface area (Å²) in [5.74, 6) is -2.56. The fourth-order valence-corrected chi connectivity index (χ4v) is 1.24. The lowest BCUT2D eigenvalue weighted by atomic mass is 10.1. The van der Waals surface area contributed by atoms with Crippen LogP contribution in [-0.2, 0) is 19.1 Å². The zero-order valence-corrected chi connectivity index (χ0v) is 12.1. The molecule has 0 heterocycles. The third-order valence-electron chi connectivity index (χ3n) is 2.10. The highest BCUT2D eigenvalue weighted by atomic mass is 16.5. The zero-order valence-electron chi connectivity index (χ0n) is 12.1. The monoisotopic (exact) mass is 288 g/mol. The van der Waals surface area contributed by atoms with E-state index in [4.69, 9.17) is 19.7 Å². The molecule has 0 aliphatic carbocycles. The SMILES string of the molecule is CC(=O)O.CCCCCCCCOC(=O)/C=C\C(=O)O. The molecule has 2 N–H and O–H groups in total. The number of hydrogen-bond acceptors (Lipinski definition) is 4. The van der Waals surface area contributed by atoms with Crippen LogP contribution in [0.5, 0.6) is 0 Å². The van der Waals surface area contributed by atoms with Crippen molar-refractivity contribution < 1.29 is 29.3 Å². The Morgan fingerprint density at radius 3 is 1.95 bits per heavy atom. The fourth-order valence-electron chi connectivity index (χ4n) is 1.24. The Labute approximate surface area is 119 Å². The Hall–Kier alpha value is -1.85. The Kier molecular flexibility index (Phi) is 15.6. The molecule has 0 bridgehead atoms. The van der Waals surface area contributed by atoms with Gasteiger partial charge in [0.05, 0.1) is 6.61 Å². The molecule has 0 unspecified atom stereocenters. The zero-order chi connectivity index (χ0) is 15.8. The third kappa shape index (κ3) is 25.1. The summed E-state index contributed by atoms with van der Waals surface area (Å²) in [6, 6.07) is 0. The largest absolute Gasteiger partial charge is 0.481 e. The average molecular weight is 288 g/mol. The van der Waals surface area contributed by atoms with Crippen LogP contribution in [0.3, 0.4) is 0 Å². The molecule has 20 heavy (non-hydrogen) atoms. The van der Waals surface area contributed by atoms with Gasteiger partial charge >= 0.3 is 11.9 Å². The van der Waals surface area contributed by atoms with Crippen molar-refractivity contribution in [1.29, 1.82) is 0 Å². The third-order valence-corrected chi connectivity index (χ3v) is 2.10. The highest BCUT2D eigenvalue weighted by Crippen LogP contribution is 2.04. The second-order valence-electron chi connectivity index (χ2n) is 4.13. The van der Waals surface area contributed by atoms with E-state index in [9.17, 15) is 9.59 Å². The van der Waals surface area contributed by atoms with E-state index in [1.54, 1.807) is 0 Å². The molecule has 0 aliphatic heterocycles. The number of ether oxygens (including phenoxy) is 1. The number of hydrogen-bond donors (Lipinski definition) is 2. The standard InChI is InChI=1S/C12H20O4.C2H4O2/c1-2-3-4-5-6-7-10-16-12(15)9-8-11(13)14;1-2(3)4/h8-9H,2-7,10H2,1H3,(H,13,14);1H3,(H,3,4)/b9-8-;. The van der Waals surface area contributed by atoms with Gasteiger partial charge in [-0.15, -0.1) is 0 Å². The summed E-state index contributed by atoms with van der Waals surface area (Å²) in [6.45, 7) is 3.62. The van der Waals surface area contributed by atoms with Crippen molar-refractivity contribution in [3.8, 4) is 0 Å². The number of rotatable bonds is 9. The van der Waals surface area contributed by atoms with Crippen molar-refractivity contribution in [2.45, 2.75) is 52.4 Å². The van der Waals surface area contributed by atoms with Crippen LogP contribution >= 0.6 is 0 Å². The molecule has 0 aromatic heterocycles. The van der Waals surface area contributed by atoms with Gasteiger partial charge in [0.2, 0.25) is 0 Å². The van der Waals surface area contributed by atoms with Gasteiger partial charge < -0.3 is 14.9 Å². The lowest BCUT2D eigenvalue weighted by Gasteiger charge is -2.01. The molecule has 0 saturated carbocycles. The molecule has 0 saturated heterocycles. The summed E-state index contributed by atoms with van der Waals surface area (Å²) in [7, 11) is 0. The van der Waals surface area contributed by atoms with E-state index in [2.05, 4.69) is 6.92 Å². The molecular formula is C14H24O6. The van der Waals surface area contributed by atoms with Crippen molar-refractivity contribution >= 4 is 17.9 Å². The fraction of sp³-hybridized carbons (Fsp3) is 0.643. The van der Waals surface area contributed by atoms with Crippen LogP contribution in [-0.4, -0.2) is 34.7 Å². The number of carbonyl (C=O) groups is 3. The van der Waals surface area contributed by atoms with Gasteiger partial charge in [-0.1, -0.05) is 39.0 Å². The van der Waals surface area contributed by atoms with Crippen molar-refractivity contribution in [3.63, 3.8) is 0 Å². The van der Waals surface area contributed by atoms with Gasteiger partial charge in [-0.25, -0.2) is 9.59 Å². The predicted octanol–water partition coefficient (Wildman–Crippen LogP) is 2.62. The van der Waals surface area contributed by atoms with Gasteiger partial charge in [0, 0.05) is 19.1 Å². The molecule has 0 amide bonds. The van der Waals surface area contributed by atoms with Gasteiger partial charge in [0.1, 0.15) is 0 Å². The molecule has 0 atom stereocenters. The van der Waals surface area contributed by atoms with Crippen LogP contribution in [0, 0.1) is 0 Å². The lowest BCUT2D eigenvalue weighted by Crippen LogP contribution is -2.03. The van der Waals surface area contributed by atoms with Gasteiger partial charge in [0.25, 0.3) is 5.97 Å². The van der Waals surface area contributed by atoms with Crippen LogP contribution < -0.4 is 0 Å². The first-order valence-electron chi connectivity index (χ1n) is 6.67. The maximum absolute atomic E-state index is 10.9. The van der Waals surface area contributed by atoms with Crippen molar-refractivity contribution in [2.24, 2.45) is 0 Å². The molecule has 0 fully saturated rings. The lowest BCUT2D eigenvalue weighted by molar-refractivity contribution is -0.139. The van der Waals surface area contributed by atoms with E-state index in [0.717, 1.165) is 38.3 Å². The van der Waals surface area contributed by atoms with Crippen LogP contribution in [0.15, 0.2) is 12.2 Å². The molecule has 0 radical (unpaired) electrons. The quantitative estimate of drug-likeness (QED) is 0.384. The van der Waals surface area contributed by atoms with Gasteiger partial charge in [-0.3, -0.25) is 4.79 Å². The average Bonchev–Trinajstić information content (AvgIpc) is 2.34. The van der Waals surface area contributed by atoms with Crippen molar-refractivity contribution in [1.82, 2.24) is 0 Å². The molecule has 6 nitrogen and oxygen atoms in total. The van der Waals surface area contributed by atoms with Crippen LogP contribution in [0.1, 0.15) is 52.4 Å². The van der Waals surface area contributed by atoms with Crippen LogP contribution in [0.4, 0.5) is 0 Å². The predicted molar refractivity (Wildman–Crippen MR) is 74.4 cm³/mol. The Morgan fingerprint density at radius 1 is 0.950 bits per heavy atom.